The molecule has 0 saturated carbocycles. The maximum atomic E-state index is 6.20. The fraction of sp³-hybridized carbons (Fsp3) is 0.400. The van der Waals surface area contributed by atoms with Gasteiger partial charge in [0.2, 0.25) is 0 Å². The van der Waals surface area contributed by atoms with E-state index in [-0.39, 0.29) is 0 Å². The zero-order valence-electron chi connectivity index (χ0n) is 11.8. The molecule has 1 aliphatic rings. The van der Waals surface area contributed by atoms with Crippen LogP contribution in [-0.4, -0.2) is 34.8 Å². The van der Waals surface area contributed by atoms with E-state index in [0.717, 1.165) is 46.5 Å². The molecule has 0 bridgehead atoms. The number of hydrogen-bond acceptors (Lipinski definition) is 3. The number of aromatic nitrogens is 2. The van der Waals surface area contributed by atoms with E-state index in [9.17, 15) is 0 Å². The molecule has 5 heteroatoms. The number of nitrogen functional groups attached to an aromatic ring is 1. The minimum atomic E-state index is 0.435. The number of likely N-dealkylation sites (N-methyl/N-ethyl adjacent to an activating group) is 1. The van der Waals surface area contributed by atoms with Crippen LogP contribution in [-0.2, 0) is 0 Å². The van der Waals surface area contributed by atoms with Crippen LogP contribution in [0.15, 0.2) is 28.9 Å². The summed E-state index contributed by atoms with van der Waals surface area (Å²) < 4.78 is 3.20. The molecular formula is C15H19BrN4. The van der Waals surface area contributed by atoms with Gasteiger partial charge in [-0.05, 0) is 50.7 Å². The predicted octanol–water partition coefficient (Wildman–Crippen LogP) is 3.08. The first-order valence-corrected chi connectivity index (χ1v) is 7.63. The molecule has 0 unspecified atom stereocenters. The molecule has 0 radical (unpaired) electrons. The highest BCUT2D eigenvalue weighted by Gasteiger charge is 2.24. The van der Waals surface area contributed by atoms with E-state index < -0.39 is 0 Å². The van der Waals surface area contributed by atoms with Gasteiger partial charge >= 0.3 is 0 Å². The molecule has 1 aromatic carbocycles. The van der Waals surface area contributed by atoms with Crippen LogP contribution in [0, 0.1) is 6.92 Å². The van der Waals surface area contributed by atoms with E-state index in [2.05, 4.69) is 43.7 Å². The number of nitrogens with two attached hydrogens (primary N) is 1. The number of likely N-dealkylation sites (tertiary alicyclic amines) is 1. The SMILES string of the molecule is Cc1cc(N)c(-c2ccnn2[C@H]2CCN(C)C2)cc1Br. The lowest BCUT2D eigenvalue weighted by Gasteiger charge is -2.16. The Labute approximate surface area is 127 Å². The van der Waals surface area contributed by atoms with Crippen molar-refractivity contribution in [3.8, 4) is 11.3 Å². The normalized spacial score (nSPS) is 19.6. The second-order valence-corrected chi connectivity index (χ2v) is 6.41. The van der Waals surface area contributed by atoms with Crippen LogP contribution in [0.5, 0.6) is 0 Å². The fourth-order valence-corrected chi connectivity index (χ4v) is 3.20. The minimum Gasteiger partial charge on any atom is -0.398 e. The number of aryl methyl sites for hydroxylation is 1. The average molecular weight is 335 g/mol. The first kappa shape index (κ1) is 13.6. The molecule has 1 saturated heterocycles. The highest BCUT2D eigenvalue weighted by molar-refractivity contribution is 9.10. The van der Waals surface area contributed by atoms with Crippen molar-refractivity contribution in [3.63, 3.8) is 0 Å². The van der Waals surface area contributed by atoms with Gasteiger partial charge in [-0.25, -0.2) is 0 Å². The number of benzene rings is 1. The summed E-state index contributed by atoms with van der Waals surface area (Å²) in [5.41, 5.74) is 10.3. The van der Waals surface area contributed by atoms with Gasteiger partial charge in [-0.3, -0.25) is 4.68 Å². The first-order chi connectivity index (χ1) is 9.56. The second-order valence-electron chi connectivity index (χ2n) is 5.55. The van der Waals surface area contributed by atoms with Crippen molar-refractivity contribution < 1.29 is 0 Å². The first-order valence-electron chi connectivity index (χ1n) is 6.84. The van der Waals surface area contributed by atoms with E-state index >= 15 is 0 Å². The average Bonchev–Trinajstić information content (AvgIpc) is 3.02. The summed E-state index contributed by atoms with van der Waals surface area (Å²) in [6.45, 7) is 4.21. The Hall–Kier alpha value is -1.33. The molecule has 3 rings (SSSR count). The molecular weight excluding hydrogens is 316 g/mol. The lowest BCUT2D eigenvalue weighted by Crippen LogP contribution is -2.17. The molecule has 1 aromatic heterocycles. The Morgan fingerprint density at radius 1 is 1.40 bits per heavy atom. The number of halogens is 1. The molecule has 2 N–H and O–H groups in total. The third kappa shape index (κ3) is 2.36. The van der Waals surface area contributed by atoms with Gasteiger partial charge in [-0.15, -0.1) is 0 Å². The Morgan fingerprint density at radius 3 is 2.90 bits per heavy atom. The van der Waals surface area contributed by atoms with Gasteiger partial charge in [0.15, 0.2) is 0 Å². The summed E-state index contributed by atoms with van der Waals surface area (Å²) in [5, 5.41) is 4.52. The van der Waals surface area contributed by atoms with Crippen molar-refractivity contribution in [2.75, 3.05) is 25.9 Å². The maximum Gasteiger partial charge on any atom is 0.0707 e. The van der Waals surface area contributed by atoms with Gasteiger partial charge in [0, 0.05) is 28.5 Å². The summed E-state index contributed by atoms with van der Waals surface area (Å²) in [7, 11) is 2.15. The molecule has 20 heavy (non-hydrogen) atoms. The minimum absolute atomic E-state index is 0.435. The van der Waals surface area contributed by atoms with Crippen molar-refractivity contribution >= 4 is 21.6 Å². The van der Waals surface area contributed by atoms with Gasteiger partial charge < -0.3 is 10.6 Å². The smallest absolute Gasteiger partial charge is 0.0707 e. The van der Waals surface area contributed by atoms with E-state index in [4.69, 9.17) is 5.73 Å². The van der Waals surface area contributed by atoms with Gasteiger partial charge in [0.1, 0.15) is 0 Å². The lowest BCUT2D eigenvalue weighted by molar-refractivity contribution is 0.383. The van der Waals surface area contributed by atoms with E-state index in [0.29, 0.717) is 6.04 Å². The quantitative estimate of drug-likeness (QED) is 0.858. The van der Waals surface area contributed by atoms with Gasteiger partial charge in [0.05, 0.1) is 11.7 Å². The van der Waals surface area contributed by atoms with E-state index in [1.165, 1.54) is 0 Å². The van der Waals surface area contributed by atoms with Gasteiger partial charge in [0.25, 0.3) is 0 Å². The summed E-state index contributed by atoms with van der Waals surface area (Å²) in [6.07, 6.45) is 3.00. The Morgan fingerprint density at radius 2 is 2.20 bits per heavy atom. The summed E-state index contributed by atoms with van der Waals surface area (Å²) >= 11 is 3.59. The van der Waals surface area contributed by atoms with Crippen LogP contribution >= 0.6 is 15.9 Å². The van der Waals surface area contributed by atoms with Crippen LogP contribution in [0.4, 0.5) is 5.69 Å². The van der Waals surface area contributed by atoms with Gasteiger partial charge in [-0.1, -0.05) is 15.9 Å². The van der Waals surface area contributed by atoms with Crippen LogP contribution < -0.4 is 5.73 Å². The van der Waals surface area contributed by atoms with Crippen molar-refractivity contribution in [3.05, 3.63) is 34.4 Å². The standard InChI is InChI=1S/C15H19BrN4/c1-10-7-14(17)12(8-13(10)16)15-3-5-18-20(15)11-4-6-19(2)9-11/h3,5,7-8,11H,4,6,9,17H2,1-2H3/t11-/m0/s1. The highest BCUT2D eigenvalue weighted by atomic mass is 79.9. The third-order valence-corrected chi connectivity index (χ3v) is 4.84. The summed E-state index contributed by atoms with van der Waals surface area (Å²) in [5.74, 6) is 0. The van der Waals surface area contributed by atoms with Crippen molar-refractivity contribution in [2.24, 2.45) is 0 Å². The largest absolute Gasteiger partial charge is 0.398 e. The molecule has 4 nitrogen and oxygen atoms in total. The Balaban J connectivity index is 2.03. The zero-order chi connectivity index (χ0) is 14.3. The summed E-state index contributed by atoms with van der Waals surface area (Å²) in [6, 6.07) is 6.59. The topological polar surface area (TPSA) is 47.1 Å². The maximum absolute atomic E-state index is 6.20. The van der Waals surface area contributed by atoms with Crippen LogP contribution in [0.3, 0.4) is 0 Å². The highest BCUT2D eigenvalue weighted by Crippen LogP contribution is 2.33. The number of rotatable bonds is 2. The molecule has 106 valence electrons. The Bertz CT molecular complexity index is 635. The number of nitrogens with zero attached hydrogens (tertiary/aromatic N) is 3. The van der Waals surface area contributed by atoms with Crippen LogP contribution in [0.25, 0.3) is 11.3 Å². The molecule has 0 spiro atoms. The zero-order valence-corrected chi connectivity index (χ0v) is 13.4. The number of hydrogen-bond donors (Lipinski definition) is 1. The van der Waals surface area contributed by atoms with Crippen LogP contribution in [0.1, 0.15) is 18.0 Å². The molecule has 0 aliphatic carbocycles. The lowest BCUT2D eigenvalue weighted by atomic mass is 10.1. The van der Waals surface area contributed by atoms with Crippen molar-refractivity contribution in [1.82, 2.24) is 14.7 Å². The monoisotopic (exact) mass is 334 g/mol. The van der Waals surface area contributed by atoms with E-state index in [1.54, 1.807) is 0 Å². The third-order valence-electron chi connectivity index (χ3n) is 3.99. The fourth-order valence-electron chi connectivity index (χ4n) is 2.86. The van der Waals surface area contributed by atoms with Crippen LogP contribution in [0.2, 0.25) is 0 Å². The molecule has 1 atom stereocenters. The second kappa shape index (κ2) is 5.22. The predicted molar refractivity (Wildman–Crippen MR) is 85.7 cm³/mol. The summed E-state index contributed by atoms with van der Waals surface area (Å²) in [4.78, 5) is 2.34. The molecule has 2 aromatic rings. The van der Waals surface area contributed by atoms with E-state index in [1.807, 2.05) is 25.3 Å². The molecule has 2 heterocycles. The molecule has 1 aliphatic heterocycles. The Kier molecular flexibility index (Phi) is 3.56. The molecule has 1 fully saturated rings. The van der Waals surface area contributed by atoms with Crippen molar-refractivity contribution in [1.29, 1.82) is 0 Å². The van der Waals surface area contributed by atoms with Crippen molar-refractivity contribution in [2.45, 2.75) is 19.4 Å². The molecule has 0 amide bonds. The number of anilines is 1. The van der Waals surface area contributed by atoms with Gasteiger partial charge in [-0.2, -0.15) is 5.10 Å².